The van der Waals surface area contributed by atoms with Gasteiger partial charge in [0.15, 0.2) is 0 Å². The van der Waals surface area contributed by atoms with E-state index >= 15 is 0 Å². The van der Waals surface area contributed by atoms with Crippen LogP contribution in [0.2, 0.25) is 5.02 Å². The zero-order valence-corrected chi connectivity index (χ0v) is 22.2. The number of amides is 3. The topological polar surface area (TPSA) is 65.1 Å². The number of halogens is 1. The van der Waals surface area contributed by atoms with Crippen LogP contribution in [-0.2, 0) is 10.2 Å². The third-order valence-electron chi connectivity index (χ3n) is 7.02. The fourth-order valence-electron chi connectivity index (χ4n) is 4.48. The lowest BCUT2D eigenvalue weighted by atomic mass is 9.96. The van der Waals surface area contributed by atoms with Crippen LogP contribution < -0.4 is 5.32 Å². The van der Waals surface area contributed by atoms with Crippen LogP contribution in [0.5, 0.6) is 0 Å². The second-order valence-electron chi connectivity index (χ2n) is 11.3. The van der Waals surface area contributed by atoms with E-state index in [9.17, 15) is 9.59 Å². The number of nitrogens with zero attached hydrogens (tertiary/aromatic N) is 3. The molecule has 1 aromatic rings. The van der Waals surface area contributed by atoms with Crippen LogP contribution in [0, 0.1) is 11.8 Å². The number of carbonyl (C=O) groups excluding carboxylic acids is 2. The summed E-state index contributed by atoms with van der Waals surface area (Å²) in [4.78, 5) is 30.8. The number of hydrogen-bond acceptors (Lipinski definition) is 4. The van der Waals surface area contributed by atoms with E-state index in [2.05, 4.69) is 35.0 Å². The number of carbonyl (C=O) groups is 2. The van der Waals surface area contributed by atoms with E-state index in [1.54, 1.807) is 4.90 Å². The van der Waals surface area contributed by atoms with Gasteiger partial charge in [0, 0.05) is 55.9 Å². The molecule has 1 aromatic carbocycles. The fraction of sp³-hybridized carbons (Fsp3) is 0.630. The number of hydrogen-bond donors (Lipinski definition) is 1. The SMILES string of the molecule is CC(C#Cc1ccc(Cl)c(C2(C)CC2)c1)NC(=O)N1CCN(C2CN(C(=O)OC(C)(C)C)C2)CC1. The number of likely N-dealkylation sites (tertiary alicyclic amines) is 1. The van der Waals surface area contributed by atoms with Crippen molar-refractivity contribution in [2.24, 2.45) is 0 Å². The lowest BCUT2D eigenvalue weighted by Gasteiger charge is -2.47. The smallest absolute Gasteiger partial charge is 0.410 e. The van der Waals surface area contributed by atoms with Crippen LogP contribution in [0.3, 0.4) is 0 Å². The van der Waals surface area contributed by atoms with Crippen molar-refractivity contribution in [2.45, 2.75) is 70.6 Å². The van der Waals surface area contributed by atoms with Crippen molar-refractivity contribution in [3.8, 4) is 11.8 Å². The third kappa shape index (κ3) is 6.42. The van der Waals surface area contributed by atoms with Gasteiger partial charge in [-0.05, 0) is 69.7 Å². The Labute approximate surface area is 214 Å². The lowest BCUT2D eigenvalue weighted by Crippen LogP contribution is -2.65. The summed E-state index contributed by atoms with van der Waals surface area (Å²) in [6, 6.07) is 5.92. The Balaban J connectivity index is 1.21. The molecule has 8 heteroatoms. The largest absolute Gasteiger partial charge is 0.444 e. The van der Waals surface area contributed by atoms with Gasteiger partial charge in [-0.2, -0.15) is 0 Å². The Morgan fingerprint density at radius 2 is 1.80 bits per heavy atom. The maximum Gasteiger partial charge on any atom is 0.410 e. The summed E-state index contributed by atoms with van der Waals surface area (Å²) in [5.41, 5.74) is 1.80. The molecule has 35 heavy (non-hydrogen) atoms. The monoisotopic (exact) mass is 500 g/mol. The second kappa shape index (κ2) is 9.91. The van der Waals surface area contributed by atoms with Crippen molar-refractivity contribution in [2.75, 3.05) is 39.3 Å². The van der Waals surface area contributed by atoms with E-state index in [1.807, 2.05) is 44.7 Å². The van der Waals surface area contributed by atoms with E-state index < -0.39 is 5.60 Å². The molecule has 0 bridgehead atoms. The number of nitrogens with one attached hydrogen (secondary N) is 1. The first kappa shape index (κ1) is 25.7. The minimum atomic E-state index is -0.477. The molecule has 1 aliphatic carbocycles. The Morgan fingerprint density at radius 3 is 2.40 bits per heavy atom. The van der Waals surface area contributed by atoms with Crippen molar-refractivity contribution in [1.29, 1.82) is 0 Å². The Kier molecular flexibility index (Phi) is 7.26. The minimum absolute atomic E-state index is 0.0854. The highest BCUT2D eigenvalue weighted by molar-refractivity contribution is 6.31. The number of rotatable bonds is 3. The highest BCUT2D eigenvalue weighted by atomic mass is 35.5. The molecule has 7 nitrogen and oxygen atoms in total. The number of ether oxygens (including phenoxy) is 1. The molecule has 0 spiro atoms. The molecular weight excluding hydrogens is 464 g/mol. The standard InChI is InChI=1S/C27H37ClN4O3/c1-19(6-7-20-8-9-23(28)22(16-20)27(5)10-11-27)29-24(33)31-14-12-30(13-15-31)21-17-32(18-21)25(34)35-26(2,3)4/h8-9,16,19,21H,10-15,17-18H2,1-5H3,(H,29,33). The summed E-state index contributed by atoms with van der Waals surface area (Å²) >= 11 is 6.39. The number of urea groups is 1. The van der Waals surface area contributed by atoms with Gasteiger partial charge >= 0.3 is 12.1 Å². The summed E-state index contributed by atoms with van der Waals surface area (Å²) in [6.07, 6.45) is 2.07. The zero-order valence-electron chi connectivity index (χ0n) is 21.5. The molecule has 2 aliphatic heterocycles. The average Bonchev–Trinajstić information content (AvgIpc) is 3.49. The minimum Gasteiger partial charge on any atom is -0.444 e. The molecule has 0 radical (unpaired) electrons. The molecule has 1 N–H and O–H groups in total. The van der Waals surface area contributed by atoms with Crippen molar-refractivity contribution in [3.63, 3.8) is 0 Å². The van der Waals surface area contributed by atoms with Gasteiger partial charge in [0.2, 0.25) is 0 Å². The summed E-state index contributed by atoms with van der Waals surface area (Å²) in [5.74, 6) is 6.34. The van der Waals surface area contributed by atoms with E-state index in [0.717, 1.165) is 36.5 Å². The summed E-state index contributed by atoms with van der Waals surface area (Å²) in [6.45, 7) is 14.0. The molecule has 0 aromatic heterocycles. The zero-order chi connectivity index (χ0) is 25.4. The quantitative estimate of drug-likeness (QED) is 0.635. The van der Waals surface area contributed by atoms with E-state index in [0.29, 0.717) is 32.2 Å². The average molecular weight is 501 g/mol. The molecule has 1 atom stereocenters. The van der Waals surface area contributed by atoms with Gasteiger partial charge in [-0.3, -0.25) is 4.90 Å². The maximum absolute atomic E-state index is 12.7. The Bertz CT molecular complexity index is 1020. The molecule has 1 unspecified atom stereocenters. The van der Waals surface area contributed by atoms with Crippen LogP contribution in [0.1, 0.15) is 58.6 Å². The molecular formula is C27H37ClN4O3. The van der Waals surface area contributed by atoms with Gasteiger partial charge in [0.1, 0.15) is 5.60 Å². The Morgan fingerprint density at radius 1 is 1.14 bits per heavy atom. The van der Waals surface area contributed by atoms with Crippen molar-refractivity contribution < 1.29 is 14.3 Å². The van der Waals surface area contributed by atoms with Crippen LogP contribution in [-0.4, -0.2) is 83.8 Å². The third-order valence-corrected chi connectivity index (χ3v) is 7.35. The van der Waals surface area contributed by atoms with Crippen LogP contribution in [0.15, 0.2) is 18.2 Å². The predicted octanol–water partition coefficient (Wildman–Crippen LogP) is 4.08. The molecule has 190 valence electrons. The van der Waals surface area contributed by atoms with Gasteiger partial charge in [-0.1, -0.05) is 30.4 Å². The Hall–Kier alpha value is -2.43. The van der Waals surface area contributed by atoms with E-state index in [1.165, 1.54) is 5.56 Å². The summed E-state index contributed by atoms with van der Waals surface area (Å²) in [5, 5.41) is 3.80. The van der Waals surface area contributed by atoms with Crippen LogP contribution >= 0.6 is 11.6 Å². The molecule has 1 saturated carbocycles. The lowest BCUT2D eigenvalue weighted by molar-refractivity contribution is -0.0221. The van der Waals surface area contributed by atoms with Gasteiger partial charge in [-0.25, -0.2) is 9.59 Å². The van der Waals surface area contributed by atoms with Crippen molar-refractivity contribution in [1.82, 2.24) is 20.0 Å². The molecule has 3 aliphatic rings. The first-order valence-corrected chi connectivity index (χ1v) is 12.9. The molecule has 2 heterocycles. The highest BCUT2D eigenvalue weighted by Gasteiger charge is 2.40. The van der Waals surface area contributed by atoms with Crippen molar-refractivity contribution in [3.05, 3.63) is 34.3 Å². The fourth-order valence-corrected chi connectivity index (χ4v) is 4.82. The second-order valence-corrected chi connectivity index (χ2v) is 11.7. The van der Waals surface area contributed by atoms with Gasteiger partial charge in [0.25, 0.3) is 0 Å². The maximum atomic E-state index is 12.7. The molecule has 3 amide bonds. The summed E-state index contributed by atoms with van der Waals surface area (Å²) < 4.78 is 5.43. The molecule has 3 fully saturated rings. The summed E-state index contributed by atoms with van der Waals surface area (Å²) in [7, 11) is 0. The van der Waals surface area contributed by atoms with Crippen LogP contribution in [0.25, 0.3) is 0 Å². The highest BCUT2D eigenvalue weighted by Crippen LogP contribution is 2.50. The normalized spacial score (nSPS) is 20.9. The van der Waals surface area contributed by atoms with Gasteiger partial charge in [0.05, 0.1) is 6.04 Å². The van der Waals surface area contributed by atoms with Gasteiger partial charge < -0.3 is 19.9 Å². The number of benzene rings is 1. The van der Waals surface area contributed by atoms with E-state index in [4.69, 9.17) is 16.3 Å². The molecule has 4 rings (SSSR count). The van der Waals surface area contributed by atoms with Gasteiger partial charge in [-0.15, -0.1) is 0 Å². The van der Waals surface area contributed by atoms with Crippen molar-refractivity contribution >= 4 is 23.7 Å². The van der Waals surface area contributed by atoms with Crippen LogP contribution in [0.4, 0.5) is 9.59 Å². The molecule has 2 saturated heterocycles. The first-order valence-electron chi connectivity index (χ1n) is 12.5. The first-order chi connectivity index (χ1) is 16.4. The van der Waals surface area contributed by atoms with E-state index in [-0.39, 0.29) is 23.6 Å². The number of piperazine rings is 1. The predicted molar refractivity (Wildman–Crippen MR) is 138 cm³/mol.